The van der Waals surface area contributed by atoms with Crippen LogP contribution in [0.4, 0.5) is 9.59 Å². The van der Waals surface area contributed by atoms with E-state index in [4.69, 9.17) is 4.74 Å². The third-order valence-corrected chi connectivity index (χ3v) is 9.31. The number of halogens is 1. The number of carbonyl (C=O) groups is 3. The fraction of sp³-hybridized carbons (Fsp3) is 0.483. The zero-order valence-electron chi connectivity index (χ0n) is 23.7. The summed E-state index contributed by atoms with van der Waals surface area (Å²) >= 11 is 0. The van der Waals surface area contributed by atoms with Gasteiger partial charge < -0.3 is 25.2 Å². The molecule has 1 atom stereocenters. The number of amides is 5. The molecule has 42 heavy (non-hydrogen) atoms. The van der Waals surface area contributed by atoms with E-state index in [0.717, 1.165) is 18.4 Å². The van der Waals surface area contributed by atoms with E-state index in [1.807, 2.05) is 30.3 Å². The van der Waals surface area contributed by atoms with Gasteiger partial charge in [-0.15, -0.1) is 12.4 Å². The molecule has 2 aromatic rings. The molecule has 228 valence electrons. The van der Waals surface area contributed by atoms with E-state index in [0.29, 0.717) is 64.2 Å². The number of hydrogen-bond acceptors (Lipinski definition) is 7. The lowest BCUT2D eigenvalue weighted by atomic mass is 9.87. The second kappa shape index (κ2) is 13.4. The number of benzene rings is 2. The van der Waals surface area contributed by atoms with E-state index in [2.05, 4.69) is 15.5 Å². The lowest BCUT2D eigenvalue weighted by molar-refractivity contribution is -0.133. The summed E-state index contributed by atoms with van der Waals surface area (Å²) in [6.45, 7) is 4.33. The molecule has 5 amide bonds. The number of ether oxygens (including phenoxy) is 1. The Morgan fingerprint density at radius 2 is 1.64 bits per heavy atom. The van der Waals surface area contributed by atoms with Crippen LogP contribution in [0.2, 0.25) is 0 Å². The Kier molecular flexibility index (Phi) is 10.1. The Labute approximate surface area is 252 Å². The monoisotopic (exact) mass is 619 g/mol. The summed E-state index contributed by atoms with van der Waals surface area (Å²) in [4.78, 5) is 44.6. The highest BCUT2D eigenvalue weighted by molar-refractivity contribution is 7.90. The summed E-state index contributed by atoms with van der Waals surface area (Å²) in [7, 11) is -3.33. The molecule has 0 aliphatic carbocycles. The van der Waals surface area contributed by atoms with Crippen molar-refractivity contribution in [1.29, 1.82) is 0 Å². The Morgan fingerprint density at radius 1 is 1.00 bits per heavy atom. The minimum Gasteiger partial charge on any atom is -0.378 e. The van der Waals surface area contributed by atoms with Gasteiger partial charge in [-0.1, -0.05) is 42.5 Å². The molecule has 0 saturated carbocycles. The van der Waals surface area contributed by atoms with Gasteiger partial charge in [-0.2, -0.15) is 0 Å². The lowest BCUT2D eigenvalue weighted by Gasteiger charge is -2.38. The fourth-order valence-corrected chi connectivity index (χ4v) is 6.30. The number of nitrogens with one attached hydrogen (secondary N) is 2. The smallest absolute Gasteiger partial charge is 0.325 e. The van der Waals surface area contributed by atoms with Gasteiger partial charge in [0.05, 0.1) is 30.7 Å². The van der Waals surface area contributed by atoms with Gasteiger partial charge in [-0.3, -0.25) is 9.69 Å². The minimum absolute atomic E-state index is 0. The average Bonchev–Trinajstić information content (AvgIpc) is 3.20. The molecule has 3 aliphatic heterocycles. The molecule has 13 heteroatoms. The summed E-state index contributed by atoms with van der Waals surface area (Å²) in [5, 5.41) is 6.14. The van der Waals surface area contributed by atoms with E-state index < -0.39 is 21.4 Å². The number of sulfone groups is 1. The van der Waals surface area contributed by atoms with E-state index in [-0.39, 0.29) is 41.8 Å². The van der Waals surface area contributed by atoms with Crippen LogP contribution in [0.1, 0.15) is 36.4 Å². The van der Waals surface area contributed by atoms with Crippen LogP contribution in [0.5, 0.6) is 0 Å². The van der Waals surface area contributed by atoms with Gasteiger partial charge in [0.1, 0.15) is 5.54 Å². The average molecular weight is 620 g/mol. The van der Waals surface area contributed by atoms with Crippen molar-refractivity contribution in [3.8, 4) is 0 Å². The van der Waals surface area contributed by atoms with E-state index in [1.54, 1.807) is 17.0 Å². The summed E-state index contributed by atoms with van der Waals surface area (Å²) in [6.07, 6.45) is 2.84. The highest BCUT2D eigenvalue weighted by Crippen LogP contribution is 2.31. The first-order valence-electron chi connectivity index (χ1n) is 14.0. The van der Waals surface area contributed by atoms with Crippen LogP contribution < -0.4 is 10.6 Å². The number of likely N-dealkylation sites (tertiary alicyclic amines) is 1. The maximum atomic E-state index is 13.4. The van der Waals surface area contributed by atoms with Crippen LogP contribution in [0, 0.1) is 0 Å². The molecular formula is C29H38ClN5O6S. The molecule has 0 aromatic heterocycles. The zero-order chi connectivity index (χ0) is 29.0. The minimum atomic E-state index is -3.33. The summed E-state index contributed by atoms with van der Waals surface area (Å²) < 4.78 is 28.8. The molecule has 11 nitrogen and oxygen atoms in total. The molecule has 2 aromatic carbocycles. The van der Waals surface area contributed by atoms with Crippen LogP contribution in [0.25, 0.3) is 0 Å². The summed E-state index contributed by atoms with van der Waals surface area (Å²) in [5.74, 6) is -0.241. The maximum Gasteiger partial charge on any atom is 0.325 e. The van der Waals surface area contributed by atoms with Crippen molar-refractivity contribution in [3.05, 3.63) is 65.7 Å². The van der Waals surface area contributed by atoms with Gasteiger partial charge in [0.2, 0.25) is 0 Å². The highest BCUT2D eigenvalue weighted by atomic mass is 35.5. The van der Waals surface area contributed by atoms with Crippen molar-refractivity contribution in [2.24, 2.45) is 0 Å². The normalized spacial score (nSPS) is 19.7. The van der Waals surface area contributed by atoms with Crippen molar-refractivity contribution in [2.45, 2.75) is 42.3 Å². The molecule has 5 rings (SSSR count). The highest BCUT2D eigenvalue weighted by Gasteiger charge is 2.52. The molecule has 3 saturated heterocycles. The molecule has 2 N–H and O–H groups in total. The molecule has 3 fully saturated rings. The van der Waals surface area contributed by atoms with Crippen molar-refractivity contribution in [2.75, 3.05) is 52.2 Å². The quantitative estimate of drug-likeness (QED) is 0.435. The van der Waals surface area contributed by atoms with Gasteiger partial charge in [-0.05, 0) is 42.5 Å². The first-order valence-corrected chi connectivity index (χ1v) is 15.9. The SMILES string of the molecule is CS(=O)(=O)c1ccc(CN2C(=O)NC3(CCN(CC[C@H](NC(=O)N4CCOCC4)c4ccccc4)CC3)C2=O)cc1.Cl. The van der Waals surface area contributed by atoms with Crippen LogP contribution in [0.15, 0.2) is 59.5 Å². The molecule has 0 unspecified atom stereocenters. The molecule has 1 spiro atoms. The van der Waals surface area contributed by atoms with E-state index in [1.165, 1.54) is 17.0 Å². The molecule has 0 radical (unpaired) electrons. The Morgan fingerprint density at radius 3 is 2.26 bits per heavy atom. The number of morpholine rings is 1. The zero-order valence-corrected chi connectivity index (χ0v) is 25.3. The lowest BCUT2D eigenvalue weighted by Crippen LogP contribution is -2.55. The van der Waals surface area contributed by atoms with E-state index in [9.17, 15) is 22.8 Å². The van der Waals surface area contributed by atoms with Crippen molar-refractivity contribution < 1.29 is 27.5 Å². The number of piperidine rings is 1. The van der Waals surface area contributed by atoms with Gasteiger partial charge in [0.25, 0.3) is 5.91 Å². The first kappa shape index (κ1) is 31.7. The second-order valence-electron chi connectivity index (χ2n) is 11.0. The Balaban J connectivity index is 0.00000405. The van der Waals surface area contributed by atoms with E-state index >= 15 is 0 Å². The Hall–Kier alpha value is -3.19. The predicted molar refractivity (Wildman–Crippen MR) is 159 cm³/mol. The number of imide groups is 1. The second-order valence-corrected chi connectivity index (χ2v) is 13.0. The van der Waals surface area contributed by atoms with Crippen molar-refractivity contribution >= 4 is 40.2 Å². The van der Waals surface area contributed by atoms with Gasteiger partial charge >= 0.3 is 12.1 Å². The van der Waals surface area contributed by atoms with Crippen molar-refractivity contribution in [3.63, 3.8) is 0 Å². The number of nitrogens with zero attached hydrogens (tertiary/aromatic N) is 3. The number of carbonyl (C=O) groups excluding carboxylic acids is 3. The maximum absolute atomic E-state index is 13.4. The largest absolute Gasteiger partial charge is 0.378 e. The third kappa shape index (κ3) is 7.23. The molecular weight excluding hydrogens is 582 g/mol. The topological polar surface area (TPSA) is 128 Å². The Bertz CT molecular complexity index is 1360. The first-order chi connectivity index (χ1) is 19.6. The van der Waals surface area contributed by atoms with Crippen LogP contribution >= 0.6 is 12.4 Å². The number of urea groups is 2. The molecule has 0 bridgehead atoms. The summed E-state index contributed by atoms with van der Waals surface area (Å²) in [6, 6.07) is 15.5. The van der Waals surface area contributed by atoms with Gasteiger partial charge in [0.15, 0.2) is 9.84 Å². The standard InChI is InChI=1S/C29H37N5O6S.ClH/c1-41(38,39)24-9-7-22(8-10-24)21-34-26(35)29(31-28(34)37)12-15-32(16-13-29)14-11-25(23-5-3-2-4-6-23)30-27(36)33-17-19-40-20-18-33;/h2-10,25H,11-21H2,1H3,(H,30,36)(H,31,37);1H/t25-;/m0./s1. The third-order valence-electron chi connectivity index (χ3n) is 8.18. The van der Waals surface area contributed by atoms with Gasteiger partial charge in [-0.25, -0.2) is 18.0 Å². The van der Waals surface area contributed by atoms with Crippen LogP contribution in [0.3, 0.4) is 0 Å². The van der Waals surface area contributed by atoms with Crippen LogP contribution in [-0.4, -0.2) is 98.8 Å². The molecule has 3 heterocycles. The summed E-state index contributed by atoms with van der Waals surface area (Å²) in [5.41, 5.74) is 0.798. The number of hydrogen-bond donors (Lipinski definition) is 2. The number of rotatable bonds is 8. The fourth-order valence-electron chi connectivity index (χ4n) is 5.67. The van der Waals surface area contributed by atoms with Crippen LogP contribution in [-0.2, 0) is 25.9 Å². The van der Waals surface area contributed by atoms with Gasteiger partial charge in [0, 0.05) is 39.0 Å². The molecule has 3 aliphatic rings. The van der Waals surface area contributed by atoms with Crippen molar-refractivity contribution in [1.82, 2.24) is 25.3 Å². The predicted octanol–water partition coefficient (Wildman–Crippen LogP) is 2.57.